The molecule has 1 aliphatic rings. The summed E-state index contributed by atoms with van der Waals surface area (Å²) in [5.41, 5.74) is 6.22. The van der Waals surface area contributed by atoms with E-state index in [9.17, 15) is 14.9 Å². The van der Waals surface area contributed by atoms with Crippen LogP contribution in [0.2, 0.25) is 0 Å². The Bertz CT molecular complexity index is 528. The standard InChI is InChI=1S/C14H22N6O3/c15-4-5-16-14(21)3-6-18-7-9-19(10-8-18)12-1-2-13(17-11-12)20(22)23/h1-2,11H,3-10,15H2,(H,16,21). The van der Waals surface area contributed by atoms with Crippen LogP contribution in [0.25, 0.3) is 0 Å². The highest BCUT2D eigenvalue weighted by atomic mass is 16.6. The first-order chi connectivity index (χ1) is 11.1. The molecule has 0 bridgehead atoms. The van der Waals surface area contributed by atoms with Gasteiger partial charge in [-0.05, 0) is 16.0 Å². The zero-order chi connectivity index (χ0) is 16.7. The number of nitrogens with zero attached hydrogens (tertiary/aromatic N) is 4. The minimum atomic E-state index is -0.503. The van der Waals surface area contributed by atoms with Crippen molar-refractivity contribution in [2.75, 3.05) is 50.7 Å². The van der Waals surface area contributed by atoms with Gasteiger partial charge in [-0.2, -0.15) is 0 Å². The van der Waals surface area contributed by atoms with Gasteiger partial charge in [0, 0.05) is 58.3 Å². The molecule has 126 valence electrons. The molecule has 0 unspecified atom stereocenters. The normalized spacial score (nSPS) is 15.4. The summed E-state index contributed by atoms with van der Waals surface area (Å²) in [5.74, 6) is -0.117. The smallest absolute Gasteiger partial charge is 0.363 e. The van der Waals surface area contributed by atoms with E-state index < -0.39 is 4.92 Å². The minimum Gasteiger partial charge on any atom is -0.366 e. The van der Waals surface area contributed by atoms with Gasteiger partial charge in [0.15, 0.2) is 6.20 Å². The summed E-state index contributed by atoms with van der Waals surface area (Å²) in [7, 11) is 0. The third kappa shape index (κ3) is 5.15. The zero-order valence-corrected chi connectivity index (χ0v) is 13.0. The lowest BCUT2D eigenvalue weighted by atomic mass is 10.2. The van der Waals surface area contributed by atoms with Gasteiger partial charge in [0.1, 0.15) is 0 Å². The fourth-order valence-corrected chi connectivity index (χ4v) is 2.46. The topological polar surface area (TPSA) is 118 Å². The fraction of sp³-hybridized carbons (Fsp3) is 0.571. The molecule has 0 radical (unpaired) electrons. The van der Waals surface area contributed by atoms with Crippen LogP contribution in [0.4, 0.5) is 11.5 Å². The molecule has 0 aliphatic carbocycles. The van der Waals surface area contributed by atoms with E-state index in [-0.39, 0.29) is 11.7 Å². The first-order valence-electron chi connectivity index (χ1n) is 7.64. The molecule has 1 aliphatic heterocycles. The lowest BCUT2D eigenvalue weighted by Gasteiger charge is -2.35. The van der Waals surface area contributed by atoms with E-state index in [2.05, 4.69) is 20.1 Å². The Morgan fingerprint density at radius 2 is 2.09 bits per heavy atom. The van der Waals surface area contributed by atoms with Crippen LogP contribution >= 0.6 is 0 Å². The number of piperazine rings is 1. The van der Waals surface area contributed by atoms with Crippen molar-refractivity contribution in [3.63, 3.8) is 0 Å². The van der Waals surface area contributed by atoms with Crippen LogP contribution in [0.3, 0.4) is 0 Å². The summed E-state index contributed by atoms with van der Waals surface area (Å²) in [6, 6.07) is 3.14. The van der Waals surface area contributed by atoms with Crippen LogP contribution in [0.15, 0.2) is 18.3 Å². The van der Waals surface area contributed by atoms with E-state index in [1.54, 1.807) is 6.07 Å². The Balaban J connectivity index is 1.75. The van der Waals surface area contributed by atoms with Crippen LogP contribution in [-0.4, -0.2) is 66.5 Å². The van der Waals surface area contributed by atoms with Gasteiger partial charge in [-0.15, -0.1) is 0 Å². The van der Waals surface area contributed by atoms with E-state index in [0.717, 1.165) is 38.4 Å². The second-order valence-corrected chi connectivity index (χ2v) is 5.35. The van der Waals surface area contributed by atoms with Gasteiger partial charge in [0.25, 0.3) is 0 Å². The van der Waals surface area contributed by atoms with Crippen molar-refractivity contribution < 1.29 is 9.72 Å². The van der Waals surface area contributed by atoms with Crippen molar-refractivity contribution in [3.8, 4) is 0 Å². The average Bonchev–Trinajstić information content (AvgIpc) is 2.58. The maximum Gasteiger partial charge on any atom is 0.363 e. The molecule has 2 heterocycles. The molecule has 1 saturated heterocycles. The van der Waals surface area contributed by atoms with Crippen molar-refractivity contribution >= 4 is 17.4 Å². The van der Waals surface area contributed by atoms with Crippen molar-refractivity contribution in [2.24, 2.45) is 5.73 Å². The number of hydrogen-bond acceptors (Lipinski definition) is 7. The van der Waals surface area contributed by atoms with Crippen LogP contribution in [0.5, 0.6) is 0 Å². The number of nitrogens with two attached hydrogens (primary N) is 1. The van der Waals surface area contributed by atoms with E-state index in [1.165, 1.54) is 12.3 Å². The van der Waals surface area contributed by atoms with Gasteiger partial charge >= 0.3 is 5.82 Å². The largest absolute Gasteiger partial charge is 0.366 e. The maximum absolute atomic E-state index is 11.6. The summed E-state index contributed by atoms with van der Waals surface area (Å²) in [6.45, 7) is 5.01. The Labute approximate surface area is 134 Å². The second-order valence-electron chi connectivity index (χ2n) is 5.35. The van der Waals surface area contributed by atoms with Crippen LogP contribution in [0.1, 0.15) is 6.42 Å². The fourth-order valence-electron chi connectivity index (χ4n) is 2.46. The van der Waals surface area contributed by atoms with E-state index in [4.69, 9.17) is 5.73 Å². The van der Waals surface area contributed by atoms with Gasteiger partial charge < -0.3 is 26.1 Å². The summed E-state index contributed by atoms with van der Waals surface area (Å²) < 4.78 is 0. The minimum absolute atomic E-state index is 0.0254. The predicted molar refractivity (Wildman–Crippen MR) is 86.2 cm³/mol. The van der Waals surface area contributed by atoms with E-state index in [0.29, 0.717) is 19.5 Å². The molecule has 0 spiro atoms. The summed E-state index contributed by atoms with van der Waals surface area (Å²) >= 11 is 0. The highest BCUT2D eigenvalue weighted by molar-refractivity contribution is 5.76. The highest BCUT2D eigenvalue weighted by Crippen LogP contribution is 2.18. The van der Waals surface area contributed by atoms with Gasteiger partial charge in [-0.1, -0.05) is 0 Å². The molecule has 1 aromatic heterocycles. The number of rotatable bonds is 7. The van der Waals surface area contributed by atoms with Gasteiger partial charge in [-0.3, -0.25) is 9.69 Å². The molecule has 1 amide bonds. The Morgan fingerprint density at radius 1 is 1.35 bits per heavy atom. The Morgan fingerprint density at radius 3 is 2.65 bits per heavy atom. The SMILES string of the molecule is NCCNC(=O)CCN1CCN(c2ccc([N+](=O)[O-])nc2)CC1. The quantitative estimate of drug-likeness (QED) is 0.517. The van der Waals surface area contributed by atoms with E-state index >= 15 is 0 Å². The van der Waals surface area contributed by atoms with Crippen molar-refractivity contribution in [1.29, 1.82) is 0 Å². The Kier molecular flexibility index (Phi) is 6.24. The first kappa shape index (κ1) is 17.1. The predicted octanol–water partition coefficient (Wildman–Crippen LogP) is -0.423. The first-order valence-corrected chi connectivity index (χ1v) is 7.64. The number of pyridine rings is 1. The van der Waals surface area contributed by atoms with Crippen molar-refractivity contribution in [3.05, 3.63) is 28.4 Å². The number of nitro groups is 1. The monoisotopic (exact) mass is 322 g/mol. The van der Waals surface area contributed by atoms with Crippen molar-refractivity contribution in [1.82, 2.24) is 15.2 Å². The number of carbonyl (C=O) groups excluding carboxylic acids is 1. The molecule has 1 fully saturated rings. The number of nitrogens with one attached hydrogen (secondary N) is 1. The molecule has 23 heavy (non-hydrogen) atoms. The highest BCUT2D eigenvalue weighted by Gasteiger charge is 2.19. The maximum atomic E-state index is 11.6. The molecule has 0 saturated carbocycles. The van der Waals surface area contributed by atoms with Gasteiger partial charge in [0.2, 0.25) is 5.91 Å². The molecule has 3 N–H and O–H groups in total. The lowest BCUT2D eigenvalue weighted by Crippen LogP contribution is -2.47. The number of carbonyl (C=O) groups is 1. The molecule has 0 atom stereocenters. The number of amides is 1. The number of aromatic nitrogens is 1. The average molecular weight is 322 g/mol. The van der Waals surface area contributed by atoms with Crippen LogP contribution in [-0.2, 0) is 4.79 Å². The van der Waals surface area contributed by atoms with Crippen molar-refractivity contribution in [2.45, 2.75) is 6.42 Å². The molecular formula is C14H22N6O3. The van der Waals surface area contributed by atoms with Crippen LogP contribution in [0, 0.1) is 10.1 Å². The zero-order valence-electron chi connectivity index (χ0n) is 13.0. The van der Waals surface area contributed by atoms with Gasteiger partial charge in [-0.25, -0.2) is 0 Å². The summed E-state index contributed by atoms with van der Waals surface area (Å²) in [6.07, 6.45) is 2.01. The van der Waals surface area contributed by atoms with Crippen LogP contribution < -0.4 is 16.0 Å². The van der Waals surface area contributed by atoms with E-state index in [1.807, 2.05) is 0 Å². The molecule has 1 aromatic rings. The molecule has 9 nitrogen and oxygen atoms in total. The molecular weight excluding hydrogens is 300 g/mol. The molecule has 9 heteroatoms. The number of anilines is 1. The molecule has 2 rings (SSSR count). The molecule has 0 aromatic carbocycles. The van der Waals surface area contributed by atoms with Gasteiger partial charge in [0.05, 0.1) is 5.69 Å². The third-order valence-electron chi connectivity index (χ3n) is 3.78. The number of hydrogen-bond donors (Lipinski definition) is 2. The third-order valence-corrected chi connectivity index (χ3v) is 3.78. The summed E-state index contributed by atoms with van der Waals surface area (Å²) in [4.78, 5) is 29.9. The lowest BCUT2D eigenvalue weighted by molar-refractivity contribution is -0.389. The Hall–Kier alpha value is -2.26. The second kappa shape index (κ2) is 8.39. The summed E-state index contributed by atoms with van der Waals surface area (Å²) in [5, 5.41) is 13.4.